The van der Waals surface area contributed by atoms with Crippen LogP contribution < -0.4 is 15.8 Å². The highest BCUT2D eigenvalue weighted by molar-refractivity contribution is 6.15. The number of carbonyl (C=O) groups is 1. The first-order chi connectivity index (χ1) is 13.6. The highest BCUT2D eigenvalue weighted by Gasteiger charge is 2.18. The highest BCUT2D eigenvalue weighted by atomic mass is 16.5. The quantitative estimate of drug-likeness (QED) is 0.650. The van der Waals surface area contributed by atoms with Crippen LogP contribution >= 0.6 is 0 Å². The van der Waals surface area contributed by atoms with E-state index in [2.05, 4.69) is 15.3 Å². The largest absolute Gasteiger partial charge is 0.495 e. The van der Waals surface area contributed by atoms with Gasteiger partial charge in [-0.15, -0.1) is 0 Å². The number of methoxy groups -OCH3 is 1. The first-order valence-electron chi connectivity index (χ1n) is 8.55. The van der Waals surface area contributed by atoms with Crippen molar-refractivity contribution < 1.29 is 9.53 Å². The molecule has 7 nitrogen and oxygen atoms in total. The van der Waals surface area contributed by atoms with Crippen molar-refractivity contribution in [3.8, 4) is 17.0 Å². The summed E-state index contributed by atoms with van der Waals surface area (Å²) in [5.41, 5.74) is 10.0. The molecule has 0 bridgehead atoms. The normalized spacial score (nSPS) is 12.0. The molecule has 0 saturated carbocycles. The highest BCUT2D eigenvalue weighted by Crippen LogP contribution is 2.27. The van der Waals surface area contributed by atoms with E-state index in [-0.39, 0.29) is 11.5 Å². The molecule has 0 spiro atoms. The van der Waals surface area contributed by atoms with Crippen molar-refractivity contribution in [3.05, 3.63) is 71.6 Å². The van der Waals surface area contributed by atoms with Gasteiger partial charge in [-0.05, 0) is 29.8 Å². The summed E-state index contributed by atoms with van der Waals surface area (Å²) < 4.78 is 5.25. The molecular formula is C21H17N5O2. The zero-order chi connectivity index (χ0) is 19.7. The van der Waals surface area contributed by atoms with Crippen LogP contribution in [0, 0.1) is 5.41 Å². The number of nitrogens with two attached hydrogens (primary N) is 1. The second-order valence-corrected chi connectivity index (χ2v) is 6.19. The van der Waals surface area contributed by atoms with Crippen LogP contribution in [0.15, 0.2) is 54.7 Å². The number of nitrogens with zero attached hydrogens (tertiary/aromatic N) is 2. The minimum Gasteiger partial charge on any atom is -0.495 e. The molecule has 1 heterocycles. The summed E-state index contributed by atoms with van der Waals surface area (Å²) in [5, 5.41) is 10.6. The van der Waals surface area contributed by atoms with Crippen LogP contribution in [0.1, 0.15) is 21.6 Å². The third-order valence-corrected chi connectivity index (χ3v) is 4.44. The molecule has 138 valence electrons. The van der Waals surface area contributed by atoms with Gasteiger partial charge in [0.05, 0.1) is 30.4 Å². The van der Waals surface area contributed by atoms with Crippen LogP contribution in [0.25, 0.3) is 17.3 Å². The van der Waals surface area contributed by atoms with Gasteiger partial charge >= 0.3 is 0 Å². The second-order valence-electron chi connectivity index (χ2n) is 6.19. The Morgan fingerprint density at radius 1 is 1.18 bits per heavy atom. The molecule has 28 heavy (non-hydrogen) atoms. The van der Waals surface area contributed by atoms with E-state index < -0.39 is 5.91 Å². The van der Waals surface area contributed by atoms with Crippen LogP contribution in [0.3, 0.4) is 0 Å². The number of nitrogen functional groups attached to an aromatic ring is 1. The fourth-order valence-electron chi connectivity index (χ4n) is 3.00. The van der Waals surface area contributed by atoms with Crippen LogP contribution in [-0.2, 0) is 0 Å². The molecule has 4 rings (SSSR count). The molecular weight excluding hydrogens is 354 g/mol. The SMILES string of the molecule is COc1ccccc1NC(=O)c1nc(-c2ccc3c(c2)C=CC3=N)cnc1N. The topological polar surface area (TPSA) is 114 Å². The number of hydrogen-bond acceptors (Lipinski definition) is 6. The monoisotopic (exact) mass is 371 g/mol. The molecule has 1 aliphatic carbocycles. The molecule has 0 aliphatic heterocycles. The Balaban J connectivity index is 1.67. The van der Waals surface area contributed by atoms with Gasteiger partial charge in [0.15, 0.2) is 11.5 Å². The molecule has 1 amide bonds. The van der Waals surface area contributed by atoms with E-state index in [1.54, 1.807) is 24.3 Å². The Morgan fingerprint density at radius 3 is 2.82 bits per heavy atom. The number of aromatic nitrogens is 2. The minimum absolute atomic E-state index is 0.0344. The van der Waals surface area contributed by atoms with Gasteiger partial charge < -0.3 is 21.2 Å². The average Bonchev–Trinajstić information content (AvgIpc) is 3.09. The molecule has 0 fully saturated rings. The van der Waals surface area contributed by atoms with Gasteiger partial charge in [-0.1, -0.05) is 30.3 Å². The lowest BCUT2D eigenvalue weighted by Crippen LogP contribution is -2.17. The Hall–Kier alpha value is -4.00. The number of nitrogens with one attached hydrogen (secondary N) is 2. The minimum atomic E-state index is -0.473. The van der Waals surface area contributed by atoms with E-state index in [1.807, 2.05) is 30.3 Å². The van der Waals surface area contributed by atoms with Crippen molar-refractivity contribution in [2.45, 2.75) is 0 Å². The number of amides is 1. The lowest BCUT2D eigenvalue weighted by molar-refractivity contribution is 0.102. The van der Waals surface area contributed by atoms with E-state index in [1.165, 1.54) is 13.3 Å². The van der Waals surface area contributed by atoms with E-state index in [0.29, 0.717) is 22.8 Å². The smallest absolute Gasteiger partial charge is 0.278 e. The average molecular weight is 371 g/mol. The molecule has 0 unspecified atom stereocenters. The fourth-order valence-corrected chi connectivity index (χ4v) is 3.00. The van der Waals surface area contributed by atoms with Gasteiger partial charge in [0.2, 0.25) is 0 Å². The summed E-state index contributed by atoms with van der Waals surface area (Å²) in [5.74, 6) is 0.101. The summed E-state index contributed by atoms with van der Waals surface area (Å²) in [4.78, 5) is 21.3. The zero-order valence-corrected chi connectivity index (χ0v) is 15.1. The van der Waals surface area contributed by atoms with Gasteiger partial charge in [-0.3, -0.25) is 4.79 Å². The molecule has 3 aromatic rings. The number of anilines is 2. The van der Waals surface area contributed by atoms with Gasteiger partial charge in [-0.2, -0.15) is 0 Å². The standard InChI is InChI=1S/C21H17N5O2/c1-28-18-5-3-2-4-16(18)26-21(27)19-20(23)24-11-17(25-19)13-6-8-14-12(10-13)7-9-15(14)22/h2-11,22H,1H3,(H2,23,24)(H,26,27). The van der Waals surface area contributed by atoms with Crippen molar-refractivity contribution in [1.82, 2.24) is 9.97 Å². The number of benzene rings is 2. The van der Waals surface area contributed by atoms with Crippen molar-refractivity contribution in [3.63, 3.8) is 0 Å². The summed E-state index contributed by atoms with van der Waals surface area (Å²) in [6.07, 6.45) is 5.15. The molecule has 4 N–H and O–H groups in total. The third kappa shape index (κ3) is 3.09. The number of carbonyl (C=O) groups excluding carboxylic acids is 1. The van der Waals surface area contributed by atoms with Crippen molar-refractivity contribution in [1.29, 1.82) is 5.41 Å². The van der Waals surface area contributed by atoms with Crippen LogP contribution in [0.2, 0.25) is 0 Å². The molecule has 2 aromatic carbocycles. The van der Waals surface area contributed by atoms with Crippen molar-refractivity contribution in [2.24, 2.45) is 0 Å². The molecule has 0 saturated heterocycles. The van der Waals surface area contributed by atoms with Crippen molar-refractivity contribution >= 4 is 29.2 Å². The Morgan fingerprint density at radius 2 is 2.00 bits per heavy atom. The van der Waals surface area contributed by atoms with E-state index in [9.17, 15) is 4.79 Å². The number of rotatable bonds is 4. The number of para-hydroxylation sites is 2. The van der Waals surface area contributed by atoms with Gasteiger partial charge in [0, 0.05) is 11.1 Å². The van der Waals surface area contributed by atoms with E-state index in [0.717, 1.165) is 16.7 Å². The second kappa shape index (κ2) is 6.96. The zero-order valence-electron chi connectivity index (χ0n) is 15.1. The lowest BCUT2D eigenvalue weighted by atomic mass is 10.0. The first kappa shape index (κ1) is 17.4. The summed E-state index contributed by atoms with van der Waals surface area (Å²) in [6, 6.07) is 12.7. The molecule has 0 atom stereocenters. The Kier molecular flexibility index (Phi) is 4.33. The third-order valence-electron chi connectivity index (χ3n) is 4.44. The molecule has 1 aliphatic rings. The lowest BCUT2D eigenvalue weighted by Gasteiger charge is -2.11. The fraction of sp³-hybridized carbons (Fsp3) is 0.0476. The molecule has 1 aromatic heterocycles. The number of allylic oxidation sites excluding steroid dienone is 1. The predicted octanol–water partition coefficient (Wildman–Crippen LogP) is 3.38. The predicted molar refractivity (Wildman–Crippen MR) is 109 cm³/mol. The van der Waals surface area contributed by atoms with Crippen LogP contribution in [-0.4, -0.2) is 28.7 Å². The summed E-state index contributed by atoms with van der Waals surface area (Å²) >= 11 is 0. The number of hydrogen-bond donors (Lipinski definition) is 3. The van der Waals surface area contributed by atoms with Gasteiger partial charge in [0.1, 0.15) is 5.75 Å². The number of fused-ring (bicyclic) bond motifs is 1. The number of ether oxygens (including phenoxy) is 1. The Bertz CT molecular complexity index is 1140. The van der Waals surface area contributed by atoms with Gasteiger partial charge in [-0.25, -0.2) is 9.97 Å². The maximum absolute atomic E-state index is 12.7. The van der Waals surface area contributed by atoms with Crippen LogP contribution in [0.4, 0.5) is 11.5 Å². The maximum atomic E-state index is 12.7. The molecule has 0 radical (unpaired) electrons. The van der Waals surface area contributed by atoms with E-state index >= 15 is 0 Å². The summed E-state index contributed by atoms with van der Waals surface area (Å²) in [6.45, 7) is 0. The van der Waals surface area contributed by atoms with Gasteiger partial charge in [0.25, 0.3) is 5.91 Å². The molecule has 7 heteroatoms. The van der Waals surface area contributed by atoms with Crippen LogP contribution in [0.5, 0.6) is 5.75 Å². The Labute approximate surface area is 161 Å². The maximum Gasteiger partial charge on any atom is 0.278 e. The van der Waals surface area contributed by atoms with E-state index in [4.69, 9.17) is 15.9 Å². The first-order valence-corrected chi connectivity index (χ1v) is 8.55. The van der Waals surface area contributed by atoms with Crippen molar-refractivity contribution in [2.75, 3.05) is 18.2 Å². The summed E-state index contributed by atoms with van der Waals surface area (Å²) in [7, 11) is 1.53.